The van der Waals surface area contributed by atoms with Gasteiger partial charge in [-0.1, -0.05) is 24.3 Å². The maximum absolute atomic E-state index is 12.2. The Hall–Kier alpha value is -2.48. The summed E-state index contributed by atoms with van der Waals surface area (Å²) < 4.78 is 36.5. The minimum atomic E-state index is -4.94. The van der Waals surface area contributed by atoms with Crippen LogP contribution in [0.5, 0.6) is 0 Å². The van der Waals surface area contributed by atoms with Crippen LogP contribution in [-0.4, -0.2) is 18.0 Å². The zero-order valence-electron chi connectivity index (χ0n) is 12.2. The molecule has 2 aromatic carbocycles. The molecule has 0 atom stereocenters. The number of thiol groups is 1. The van der Waals surface area contributed by atoms with Gasteiger partial charge < -0.3 is 10.6 Å². The Balaban J connectivity index is 1.94. The number of anilines is 1. The maximum atomic E-state index is 12.2. The Morgan fingerprint density at radius 1 is 1.00 bits per heavy atom. The van der Waals surface area contributed by atoms with Crippen LogP contribution < -0.4 is 10.6 Å². The minimum absolute atomic E-state index is 0.0214. The number of rotatable bonds is 4. The molecule has 2 N–H and O–H groups in total. The van der Waals surface area contributed by atoms with Crippen molar-refractivity contribution in [3.63, 3.8) is 0 Å². The lowest BCUT2D eigenvalue weighted by Crippen LogP contribution is -2.29. The van der Waals surface area contributed by atoms with E-state index in [1.807, 2.05) is 0 Å². The van der Waals surface area contributed by atoms with E-state index in [-0.39, 0.29) is 18.1 Å². The van der Waals surface area contributed by atoms with Crippen molar-refractivity contribution in [3.05, 3.63) is 59.7 Å². The molecule has 0 aromatic heterocycles. The largest absolute Gasteiger partial charge is 0.471 e. The first-order chi connectivity index (χ1) is 11.3. The predicted octanol–water partition coefficient (Wildman–Crippen LogP) is 3.41. The number of benzene rings is 2. The van der Waals surface area contributed by atoms with Crippen molar-refractivity contribution in [2.24, 2.45) is 0 Å². The first kappa shape index (κ1) is 17.9. The number of amides is 2. The van der Waals surface area contributed by atoms with Crippen molar-refractivity contribution in [2.75, 3.05) is 5.32 Å². The molecule has 2 aromatic rings. The number of carbonyl (C=O) groups is 2. The van der Waals surface area contributed by atoms with Crippen molar-refractivity contribution >= 4 is 30.1 Å². The molecule has 0 saturated heterocycles. The highest BCUT2D eigenvalue weighted by Crippen LogP contribution is 2.18. The van der Waals surface area contributed by atoms with Gasteiger partial charge in [-0.15, -0.1) is 12.6 Å². The van der Waals surface area contributed by atoms with Gasteiger partial charge >= 0.3 is 12.1 Å². The van der Waals surface area contributed by atoms with Gasteiger partial charge in [0, 0.05) is 17.1 Å². The van der Waals surface area contributed by atoms with E-state index < -0.39 is 12.1 Å². The quantitative estimate of drug-likeness (QED) is 0.737. The second-order valence-corrected chi connectivity index (χ2v) is 5.33. The summed E-state index contributed by atoms with van der Waals surface area (Å²) in [5, 5.41) is 4.43. The lowest BCUT2D eigenvalue weighted by atomic mass is 10.2. The van der Waals surface area contributed by atoms with Crippen molar-refractivity contribution in [2.45, 2.75) is 17.6 Å². The highest BCUT2D eigenvalue weighted by atomic mass is 32.1. The highest BCUT2D eigenvalue weighted by Gasteiger charge is 2.38. The zero-order chi connectivity index (χ0) is 17.7. The van der Waals surface area contributed by atoms with Crippen molar-refractivity contribution in [1.29, 1.82) is 0 Å². The summed E-state index contributed by atoms with van der Waals surface area (Å²) in [5.74, 6) is -2.34. The average molecular weight is 354 g/mol. The lowest BCUT2D eigenvalue weighted by molar-refractivity contribution is -0.167. The molecule has 4 nitrogen and oxygen atoms in total. The number of hydrogen-bond acceptors (Lipinski definition) is 3. The van der Waals surface area contributed by atoms with E-state index >= 15 is 0 Å². The van der Waals surface area contributed by atoms with Crippen molar-refractivity contribution in [3.8, 4) is 0 Å². The summed E-state index contributed by atoms with van der Waals surface area (Å²) in [7, 11) is 0. The van der Waals surface area contributed by atoms with Crippen LogP contribution >= 0.6 is 12.6 Å². The predicted molar refractivity (Wildman–Crippen MR) is 86.0 cm³/mol. The molecule has 8 heteroatoms. The first-order valence-electron chi connectivity index (χ1n) is 6.80. The summed E-state index contributed by atoms with van der Waals surface area (Å²) in [6, 6.07) is 12.5. The monoisotopic (exact) mass is 354 g/mol. The third kappa shape index (κ3) is 4.76. The van der Waals surface area contributed by atoms with E-state index in [2.05, 4.69) is 17.9 Å². The average Bonchev–Trinajstić information content (AvgIpc) is 2.53. The summed E-state index contributed by atoms with van der Waals surface area (Å²) in [6.45, 7) is 0.189. The molecule has 0 aliphatic rings. The van der Waals surface area contributed by atoms with E-state index in [1.165, 1.54) is 24.3 Å². The van der Waals surface area contributed by atoms with Crippen LogP contribution in [0.1, 0.15) is 15.9 Å². The Labute approximate surface area is 141 Å². The van der Waals surface area contributed by atoms with Gasteiger partial charge in [0.2, 0.25) is 0 Å². The topological polar surface area (TPSA) is 58.2 Å². The summed E-state index contributed by atoms with van der Waals surface area (Å²) >= 11 is 4.19. The summed E-state index contributed by atoms with van der Waals surface area (Å²) in [4.78, 5) is 23.4. The number of halogens is 3. The third-order valence-corrected chi connectivity index (χ3v) is 3.46. The van der Waals surface area contributed by atoms with Crippen molar-refractivity contribution < 1.29 is 22.8 Å². The number of alkyl halides is 3. The molecule has 0 aliphatic heterocycles. The smallest absolute Gasteiger partial charge is 0.348 e. The van der Waals surface area contributed by atoms with Gasteiger partial charge in [0.15, 0.2) is 0 Å². The molecular weight excluding hydrogens is 341 g/mol. The number of carbonyl (C=O) groups excluding carboxylic acids is 2. The van der Waals surface area contributed by atoms with Crippen LogP contribution in [0.2, 0.25) is 0 Å². The van der Waals surface area contributed by atoms with Gasteiger partial charge in [-0.05, 0) is 29.8 Å². The van der Waals surface area contributed by atoms with Gasteiger partial charge in [-0.2, -0.15) is 13.2 Å². The third-order valence-electron chi connectivity index (χ3n) is 3.07. The SMILES string of the molecule is O=C(NCc1ccc(NC(=O)C(F)(F)F)cc1)c1ccccc1S. The van der Waals surface area contributed by atoms with Crippen LogP contribution in [-0.2, 0) is 11.3 Å². The van der Waals surface area contributed by atoms with Crippen LogP contribution in [0.15, 0.2) is 53.4 Å². The van der Waals surface area contributed by atoms with Gasteiger partial charge in [0.05, 0.1) is 5.56 Å². The molecule has 0 saturated carbocycles. The molecular formula is C16H13F3N2O2S. The van der Waals surface area contributed by atoms with E-state index in [1.54, 1.807) is 29.6 Å². The molecule has 0 heterocycles. The van der Waals surface area contributed by atoms with E-state index in [0.29, 0.717) is 16.0 Å². The van der Waals surface area contributed by atoms with Crippen LogP contribution in [0.25, 0.3) is 0 Å². The Morgan fingerprint density at radius 2 is 1.62 bits per heavy atom. The normalized spacial score (nSPS) is 11.0. The van der Waals surface area contributed by atoms with Gasteiger partial charge in [-0.3, -0.25) is 9.59 Å². The Kier molecular flexibility index (Phi) is 5.50. The number of hydrogen-bond donors (Lipinski definition) is 3. The Morgan fingerprint density at radius 3 is 2.21 bits per heavy atom. The van der Waals surface area contributed by atoms with Crippen LogP contribution in [0, 0.1) is 0 Å². The molecule has 24 heavy (non-hydrogen) atoms. The van der Waals surface area contributed by atoms with Gasteiger partial charge in [-0.25, -0.2) is 0 Å². The molecule has 0 aliphatic carbocycles. The van der Waals surface area contributed by atoms with Crippen molar-refractivity contribution in [1.82, 2.24) is 5.32 Å². The maximum Gasteiger partial charge on any atom is 0.471 e. The first-order valence-corrected chi connectivity index (χ1v) is 7.25. The molecule has 2 rings (SSSR count). The highest BCUT2D eigenvalue weighted by molar-refractivity contribution is 7.80. The standard InChI is InChI=1S/C16H13F3N2O2S/c17-16(18,19)15(23)21-11-7-5-10(6-8-11)9-20-14(22)12-3-1-2-4-13(12)24/h1-8,24H,9H2,(H,20,22)(H,21,23). The van der Waals surface area contributed by atoms with E-state index in [9.17, 15) is 22.8 Å². The fourth-order valence-corrected chi connectivity index (χ4v) is 2.11. The van der Waals surface area contributed by atoms with E-state index in [4.69, 9.17) is 0 Å². The molecule has 0 fully saturated rings. The molecule has 0 unspecified atom stereocenters. The van der Waals surface area contributed by atoms with Crippen LogP contribution in [0.3, 0.4) is 0 Å². The molecule has 0 radical (unpaired) electrons. The summed E-state index contributed by atoms with van der Waals surface area (Å²) in [6.07, 6.45) is -4.94. The molecule has 0 bridgehead atoms. The fraction of sp³-hybridized carbons (Fsp3) is 0.125. The molecule has 2 amide bonds. The van der Waals surface area contributed by atoms with Gasteiger partial charge in [0.1, 0.15) is 0 Å². The molecule has 126 valence electrons. The lowest BCUT2D eigenvalue weighted by Gasteiger charge is -2.10. The van der Waals surface area contributed by atoms with Gasteiger partial charge in [0.25, 0.3) is 5.91 Å². The zero-order valence-corrected chi connectivity index (χ0v) is 13.1. The fourth-order valence-electron chi connectivity index (χ4n) is 1.85. The molecule has 0 spiro atoms. The second-order valence-electron chi connectivity index (χ2n) is 4.85. The van der Waals surface area contributed by atoms with E-state index in [0.717, 1.165) is 0 Å². The summed E-state index contributed by atoms with van der Waals surface area (Å²) in [5.41, 5.74) is 1.12. The Bertz CT molecular complexity index is 746. The minimum Gasteiger partial charge on any atom is -0.348 e. The number of nitrogens with one attached hydrogen (secondary N) is 2. The second kappa shape index (κ2) is 7.39. The van der Waals surface area contributed by atoms with Crippen LogP contribution in [0.4, 0.5) is 18.9 Å².